The zero-order chi connectivity index (χ0) is 10.1. The summed E-state index contributed by atoms with van der Waals surface area (Å²) in [5.74, 6) is 1.69. The van der Waals surface area contributed by atoms with E-state index in [9.17, 15) is 0 Å². The third-order valence-corrected chi connectivity index (χ3v) is 3.24. The van der Waals surface area contributed by atoms with Crippen LogP contribution in [0.1, 0.15) is 48.8 Å². The van der Waals surface area contributed by atoms with Crippen LogP contribution in [0.5, 0.6) is 0 Å². The minimum atomic E-state index is 0.584. The van der Waals surface area contributed by atoms with Crippen molar-refractivity contribution in [2.75, 3.05) is 0 Å². The molecule has 1 fully saturated rings. The van der Waals surface area contributed by atoms with E-state index in [4.69, 9.17) is 5.26 Å². The number of nitriles is 1. The van der Waals surface area contributed by atoms with Gasteiger partial charge in [-0.3, -0.25) is 0 Å². The topological polar surface area (TPSA) is 41.6 Å². The highest BCUT2D eigenvalue weighted by molar-refractivity contribution is 5.28. The lowest BCUT2D eigenvalue weighted by molar-refractivity contribution is 0.627. The average Bonchev–Trinajstić information content (AvgIpc) is 2.78. The van der Waals surface area contributed by atoms with Gasteiger partial charge in [0.25, 0.3) is 0 Å². The highest BCUT2D eigenvalue weighted by atomic mass is 15.1. The van der Waals surface area contributed by atoms with E-state index in [1.807, 2.05) is 14.0 Å². The Morgan fingerprint density at radius 3 is 2.57 bits per heavy atom. The molecule has 0 aliphatic heterocycles. The SMILES string of the molecule is Cc1c(C#N)nc(C2CCCC2)n1C. The zero-order valence-corrected chi connectivity index (χ0v) is 8.75. The minimum Gasteiger partial charge on any atom is -0.334 e. The Morgan fingerprint density at radius 1 is 1.43 bits per heavy atom. The lowest BCUT2D eigenvalue weighted by Gasteiger charge is -2.08. The van der Waals surface area contributed by atoms with E-state index in [2.05, 4.69) is 15.6 Å². The maximum Gasteiger partial charge on any atom is 0.161 e. The molecule has 3 heteroatoms. The van der Waals surface area contributed by atoms with Gasteiger partial charge < -0.3 is 4.57 Å². The molecule has 0 spiro atoms. The smallest absolute Gasteiger partial charge is 0.161 e. The molecule has 0 amide bonds. The molecule has 1 aliphatic carbocycles. The van der Waals surface area contributed by atoms with Crippen LogP contribution in [0.4, 0.5) is 0 Å². The normalized spacial score (nSPS) is 17.2. The van der Waals surface area contributed by atoms with Gasteiger partial charge in [-0.05, 0) is 19.8 Å². The maximum atomic E-state index is 8.87. The first-order valence-electron chi connectivity index (χ1n) is 5.17. The second-order valence-corrected chi connectivity index (χ2v) is 4.06. The van der Waals surface area contributed by atoms with E-state index in [1.54, 1.807) is 0 Å². The maximum absolute atomic E-state index is 8.87. The number of imidazole rings is 1. The molecule has 74 valence electrons. The molecule has 0 atom stereocenters. The summed E-state index contributed by atoms with van der Waals surface area (Å²) in [4.78, 5) is 4.41. The van der Waals surface area contributed by atoms with Crippen LogP contribution in [0.15, 0.2) is 0 Å². The van der Waals surface area contributed by atoms with Crippen LogP contribution in [0, 0.1) is 18.3 Å². The second kappa shape index (κ2) is 3.45. The molecule has 1 aromatic rings. The molecule has 1 aliphatic rings. The van der Waals surface area contributed by atoms with Crippen molar-refractivity contribution in [1.82, 2.24) is 9.55 Å². The molecule has 0 N–H and O–H groups in total. The summed E-state index contributed by atoms with van der Waals surface area (Å²) in [5, 5.41) is 8.87. The van der Waals surface area contributed by atoms with Gasteiger partial charge in [0.2, 0.25) is 0 Å². The number of aromatic nitrogens is 2. The van der Waals surface area contributed by atoms with Gasteiger partial charge in [-0.1, -0.05) is 12.8 Å². The van der Waals surface area contributed by atoms with E-state index in [1.165, 1.54) is 25.7 Å². The molecule has 2 rings (SSSR count). The Morgan fingerprint density at radius 2 is 2.07 bits per heavy atom. The van der Waals surface area contributed by atoms with Gasteiger partial charge in [0.05, 0.1) is 5.69 Å². The number of hydrogen-bond acceptors (Lipinski definition) is 2. The van der Waals surface area contributed by atoms with Crippen molar-refractivity contribution >= 4 is 0 Å². The molecular formula is C11H15N3. The van der Waals surface area contributed by atoms with Crippen molar-refractivity contribution in [3.8, 4) is 6.07 Å². The van der Waals surface area contributed by atoms with Crippen LogP contribution in [0.2, 0.25) is 0 Å². The molecule has 0 saturated heterocycles. The highest BCUT2D eigenvalue weighted by Gasteiger charge is 2.23. The zero-order valence-electron chi connectivity index (χ0n) is 8.75. The Hall–Kier alpha value is -1.30. The van der Waals surface area contributed by atoms with E-state index in [0.29, 0.717) is 11.6 Å². The van der Waals surface area contributed by atoms with Gasteiger partial charge in [0, 0.05) is 13.0 Å². The molecule has 1 heterocycles. The summed E-state index contributed by atoms with van der Waals surface area (Å²) < 4.78 is 2.08. The molecule has 0 bridgehead atoms. The van der Waals surface area contributed by atoms with E-state index < -0.39 is 0 Å². The van der Waals surface area contributed by atoms with Gasteiger partial charge >= 0.3 is 0 Å². The average molecular weight is 189 g/mol. The number of hydrogen-bond donors (Lipinski definition) is 0. The molecule has 1 aromatic heterocycles. The third kappa shape index (κ3) is 1.31. The van der Waals surface area contributed by atoms with Crippen LogP contribution in [-0.4, -0.2) is 9.55 Å². The molecule has 1 saturated carbocycles. The van der Waals surface area contributed by atoms with Crippen molar-refractivity contribution in [3.63, 3.8) is 0 Å². The quantitative estimate of drug-likeness (QED) is 0.680. The molecule has 0 unspecified atom stereocenters. The Kier molecular flexibility index (Phi) is 2.28. The van der Waals surface area contributed by atoms with Crippen molar-refractivity contribution in [2.24, 2.45) is 7.05 Å². The molecule has 14 heavy (non-hydrogen) atoms. The predicted octanol–water partition coefficient (Wildman–Crippen LogP) is 2.26. The van der Waals surface area contributed by atoms with Crippen LogP contribution < -0.4 is 0 Å². The summed E-state index contributed by atoms with van der Waals surface area (Å²) in [6, 6.07) is 2.15. The van der Waals surface area contributed by atoms with Crippen molar-refractivity contribution in [2.45, 2.75) is 38.5 Å². The van der Waals surface area contributed by atoms with Gasteiger partial charge in [0.1, 0.15) is 11.9 Å². The van der Waals surface area contributed by atoms with Gasteiger partial charge in [-0.15, -0.1) is 0 Å². The first-order valence-corrected chi connectivity index (χ1v) is 5.17. The molecule has 0 aromatic carbocycles. The van der Waals surface area contributed by atoms with Crippen molar-refractivity contribution in [3.05, 3.63) is 17.2 Å². The summed E-state index contributed by atoms with van der Waals surface area (Å²) in [5.41, 5.74) is 1.59. The molecule has 0 radical (unpaired) electrons. The van der Waals surface area contributed by atoms with Crippen LogP contribution in [-0.2, 0) is 7.05 Å². The lowest BCUT2D eigenvalue weighted by atomic mass is 10.1. The molecular weight excluding hydrogens is 174 g/mol. The van der Waals surface area contributed by atoms with E-state index in [-0.39, 0.29) is 0 Å². The Labute approximate surface area is 84.4 Å². The van der Waals surface area contributed by atoms with Gasteiger partial charge in [0.15, 0.2) is 5.69 Å². The van der Waals surface area contributed by atoms with Crippen LogP contribution in [0.25, 0.3) is 0 Å². The minimum absolute atomic E-state index is 0.584. The van der Waals surface area contributed by atoms with Gasteiger partial charge in [-0.2, -0.15) is 5.26 Å². The fourth-order valence-corrected chi connectivity index (χ4v) is 2.26. The first kappa shape index (κ1) is 9.26. The lowest BCUT2D eigenvalue weighted by Crippen LogP contribution is -2.03. The Bertz CT molecular complexity index is 378. The van der Waals surface area contributed by atoms with Crippen molar-refractivity contribution < 1.29 is 0 Å². The molecule has 3 nitrogen and oxygen atoms in total. The third-order valence-electron chi connectivity index (χ3n) is 3.24. The summed E-state index contributed by atoms with van der Waals surface area (Å²) in [6.07, 6.45) is 5.07. The summed E-state index contributed by atoms with van der Waals surface area (Å²) >= 11 is 0. The summed E-state index contributed by atoms with van der Waals surface area (Å²) in [6.45, 7) is 1.96. The predicted molar refractivity (Wildman–Crippen MR) is 53.9 cm³/mol. The fraction of sp³-hybridized carbons (Fsp3) is 0.636. The monoisotopic (exact) mass is 189 g/mol. The number of rotatable bonds is 1. The summed E-state index contributed by atoms with van der Waals surface area (Å²) in [7, 11) is 2.01. The second-order valence-electron chi connectivity index (χ2n) is 4.06. The highest BCUT2D eigenvalue weighted by Crippen LogP contribution is 2.33. The van der Waals surface area contributed by atoms with Gasteiger partial charge in [-0.25, -0.2) is 4.98 Å². The van der Waals surface area contributed by atoms with Crippen molar-refractivity contribution in [1.29, 1.82) is 5.26 Å². The van der Waals surface area contributed by atoms with E-state index >= 15 is 0 Å². The first-order chi connectivity index (χ1) is 6.74. The Balaban J connectivity index is 2.39. The van der Waals surface area contributed by atoms with E-state index in [0.717, 1.165) is 11.5 Å². The standard InChI is InChI=1S/C11H15N3/c1-8-10(7-12)13-11(14(8)2)9-5-3-4-6-9/h9H,3-6H2,1-2H3. The van der Waals surface area contributed by atoms with Crippen LogP contribution >= 0.6 is 0 Å². The number of nitrogens with zero attached hydrogens (tertiary/aromatic N) is 3. The van der Waals surface area contributed by atoms with Crippen LogP contribution in [0.3, 0.4) is 0 Å². The fourth-order valence-electron chi connectivity index (χ4n) is 2.26. The largest absolute Gasteiger partial charge is 0.334 e.